The molecule has 2 aromatic rings. The molecule has 2 amide bonds. The molecule has 0 aromatic heterocycles. The molecule has 1 saturated heterocycles. The van der Waals surface area contributed by atoms with Gasteiger partial charge < -0.3 is 15.4 Å². The highest BCUT2D eigenvalue weighted by Crippen LogP contribution is 2.24. The number of hydrogen-bond acceptors (Lipinski definition) is 5. The van der Waals surface area contributed by atoms with Gasteiger partial charge in [-0.05, 0) is 31.0 Å². The topological polar surface area (TPSA) is 105 Å². The van der Waals surface area contributed by atoms with Crippen molar-refractivity contribution >= 4 is 27.5 Å². The highest BCUT2D eigenvalue weighted by molar-refractivity contribution is 7.88. The molecule has 1 heterocycles. The van der Waals surface area contributed by atoms with Crippen molar-refractivity contribution in [3.8, 4) is 0 Å². The summed E-state index contributed by atoms with van der Waals surface area (Å²) in [4.78, 5) is 25.2. The molecular formula is C23H28FN3O5S. The van der Waals surface area contributed by atoms with E-state index in [9.17, 15) is 22.4 Å². The Hall–Kier alpha value is -2.82. The predicted octanol–water partition coefficient (Wildman–Crippen LogP) is 2.38. The summed E-state index contributed by atoms with van der Waals surface area (Å²) in [6.45, 7) is 1.07. The number of para-hydroxylation sites is 1. The van der Waals surface area contributed by atoms with Crippen LogP contribution in [0.5, 0.6) is 0 Å². The molecule has 2 N–H and O–H groups in total. The smallest absolute Gasteiger partial charge is 0.253 e. The Morgan fingerprint density at radius 1 is 1.09 bits per heavy atom. The zero-order valence-corrected chi connectivity index (χ0v) is 19.2. The Bertz CT molecular complexity index is 1090. The van der Waals surface area contributed by atoms with Gasteiger partial charge in [0.1, 0.15) is 5.82 Å². The molecular weight excluding hydrogens is 449 g/mol. The van der Waals surface area contributed by atoms with Crippen molar-refractivity contribution in [2.75, 3.05) is 38.7 Å². The molecule has 0 spiro atoms. The molecule has 0 aliphatic carbocycles. The van der Waals surface area contributed by atoms with Gasteiger partial charge >= 0.3 is 0 Å². The molecule has 1 fully saturated rings. The Morgan fingerprint density at radius 3 is 2.45 bits per heavy atom. The number of nitrogens with zero attached hydrogens (tertiary/aromatic N) is 1. The fraction of sp³-hybridized carbons (Fsp3) is 0.391. The number of anilines is 1. The molecule has 0 radical (unpaired) electrons. The number of halogens is 1. The van der Waals surface area contributed by atoms with E-state index in [0.29, 0.717) is 37.2 Å². The van der Waals surface area contributed by atoms with Crippen LogP contribution in [0.1, 0.15) is 28.8 Å². The van der Waals surface area contributed by atoms with Crippen LogP contribution in [-0.2, 0) is 25.3 Å². The van der Waals surface area contributed by atoms with Gasteiger partial charge in [0.2, 0.25) is 15.9 Å². The van der Waals surface area contributed by atoms with Gasteiger partial charge in [-0.2, -0.15) is 0 Å². The van der Waals surface area contributed by atoms with Crippen LogP contribution in [0.25, 0.3) is 0 Å². The lowest BCUT2D eigenvalue weighted by Crippen LogP contribution is -2.42. The van der Waals surface area contributed by atoms with E-state index in [-0.39, 0.29) is 30.5 Å². The minimum absolute atomic E-state index is 0.123. The maximum Gasteiger partial charge on any atom is 0.253 e. The lowest BCUT2D eigenvalue weighted by atomic mass is 9.97. The first-order valence-corrected chi connectivity index (χ1v) is 12.3. The minimum Gasteiger partial charge on any atom is -0.383 e. The molecule has 178 valence electrons. The van der Waals surface area contributed by atoms with E-state index in [0.717, 1.165) is 0 Å². The van der Waals surface area contributed by atoms with Crippen LogP contribution in [0.3, 0.4) is 0 Å². The highest BCUT2D eigenvalue weighted by Gasteiger charge is 2.32. The van der Waals surface area contributed by atoms with Gasteiger partial charge in [0.05, 0.1) is 23.6 Å². The van der Waals surface area contributed by atoms with E-state index >= 15 is 0 Å². The molecule has 0 bridgehead atoms. The second-order valence-corrected chi connectivity index (χ2v) is 9.77. The third kappa shape index (κ3) is 6.59. The lowest BCUT2D eigenvalue weighted by molar-refractivity contribution is -0.120. The van der Waals surface area contributed by atoms with Crippen LogP contribution >= 0.6 is 0 Å². The van der Waals surface area contributed by atoms with Gasteiger partial charge in [-0.15, -0.1) is 0 Å². The summed E-state index contributed by atoms with van der Waals surface area (Å²) in [5.41, 5.74) is 0.858. The number of rotatable bonds is 9. The zero-order chi connectivity index (χ0) is 23.8. The Balaban J connectivity index is 1.58. The van der Waals surface area contributed by atoms with Crippen molar-refractivity contribution in [1.29, 1.82) is 0 Å². The van der Waals surface area contributed by atoms with E-state index in [1.165, 1.54) is 29.6 Å². The van der Waals surface area contributed by atoms with Crippen LogP contribution < -0.4 is 10.6 Å². The van der Waals surface area contributed by atoms with E-state index in [1.807, 2.05) is 0 Å². The number of ether oxygens (including phenoxy) is 1. The summed E-state index contributed by atoms with van der Waals surface area (Å²) in [6.07, 6.45) is 0.676. The van der Waals surface area contributed by atoms with Crippen molar-refractivity contribution in [3.05, 3.63) is 65.5 Å². The monoisotopic (exact) mass is 477 g/mol. The number of piperidine rings is 1. The molecule has 33 heavy (non-hydrogen) atoms. The first-order chi connectivity index (χ1) is 15.8. The predicted molar refractivity (Wildman–Crippen MR) is 123 cm³/mol. The molecule has 0 unspecified atom stereocenters. The van der Waals surface area contributed by atoms with Gasteiger partial charge in [-0.25, -0.2) is 17.1 Å². The van der Waals surface area contributed by atoms with Gasteiger partial charge in [0, 0.05) is 38.2 Å². The number of amides is 2. The van der Waals surface area contributed by atoms with E-state index in [4.69, 9.17) is 4.74 Å². The third-order valence-corrected chi connectivity index (χ3v) is 7.36. The van der Waals surface area contributed by atoms with Crippen molar-refractivity contribution < 1.29 is 27.1 Å². The van der Waals surface area contributed by atoms with E-state index < -0.39 is 27.5 Å². The number of sulfonamides is 1. The molecule has 0 saturated carbocycles. The van der Waals surface area contributed by atoms with Gasteiger partial charge in [-0.1, -0.05) is 30.3 Å². The van der Waals surface area contributed by atoms with E-state index in [2.05, 4.69) is 10.6 Å². The summed E-state index contributed by atoms with van der Waals surface area (Å²) in [7, 11) is -2.16. The Morgan fingerprint density at radius 2 is 1.76 bits per heavy atom. The first kappa shape index (κ1) is 24.8. The number of hydrogen-bond donors (Lipinski definition) is 2. The average molecular weight is 478 g/mol. The summed E-state index contributed by atoms with van der Waals surface area (Å²) in [5.74, 6) is -1.95. The second kappa shape index (κ2) is 11.4. The van der Waals surface area contributed by atoms with Gasteiger partial charge in [0.25, 0.3) is 5.91 Å². The molecule has 3 rings (SSSR count). The molecule has 8 nitrogen and oxygen atoms in total. The number of nitrogens with one attached hydrogen (secondary N) is 2. The average Bonchev–Trinajstić information content (AvgIpc) is 2.81. The maximum absolute atomic E-state index is 13.9. The normalized spacial score (nSPS) is 15.2. The van der Waals surface area contributed by atoms with Crippen molar-refractivity contribution in [1.82, 2.24) is 9.62 Å². The molecule has 2 aromatic carbocycles. The van der Waals surface area contributed by atoms with E-state index in [1.54, 1.807) is 30.3 Å². The Labute approximate surface area is 193 Å². The SMILES string of the molecule is COCCNC(=O)c1ccccc1NC(=O)C1CCN(S(=O)(=O)Cc2ccccc2F)CC1. The second-order valence-electron chi connectivity index (χ2n) is 7.80. The standard InChI is InChI=1S/C23H28FN3O5S/c1-32-15-12-25-23(29)19-7-3-5-9-21(19)26-22(28)17-10-13-27(14-11-17)33(30,31)16-18-6-2-4-8-20(18)24/h2-9,17H,10-16H2,1H3,(H,25,29)(H,26,28). The number of carbonyl (C=O) groups is 2. The van der Waals surface area contributed by atoms with Crippen molar-refractivity contribution in [2.45, 2.75) is 18.6 Å². The van der Waals surface area contributed by atoms with Crippen molar-refractivity contribution in [2.24, 2.45) is 5.92 Å². The largest absolute Gasteiger partial charge is 0.383 e. The van der Waals surface area contributed by atoms with Crippen molar-refractivity contribution in [3.63, 3.8) is 0 Å². The number of carbonyl (C=O) groups excluding carboxylic acids is 2. The number of methoxy groups -OCH3 is 1. The van der Waals surface area contributed by atoms with Crippen LogP contribution in [-0.4, -0.2) is 57.9 Å². The first-order valence-electron chi connectivity index (χ1n) is 10.7. The maximum atomic E-state index is 13.9. The fourth-order valence-electron chi connectivity index (χ4n) is 3.69. The fourth-order valence-corrected chi connectivity index (χ4v) is 5.26. The molecule has 1 aliphatic heterocycles. The Kier molecular flexibility index (Phi) is 8.54. The summed E-state index contributed by atoms with van der Waals surface area (Å²) >= 11 is 0. The lowest BCUT2D eigenvalue weighted by Gasteiger charge is -2.30. The van der Waals surface area contributed by atoms with Crippen LogP contribution in [0.2, 0.25) is 0 Å². The van der Waals surface area contributed by atoms with Gasteiger partial charge in [-0.3, -0.25) is 9.59 Å². The van der Waals surface area contributed by atoms with Crippen LogP contribution in [0, 0.1) is 11.7 Å². The molecule has 1 aliphatic rings. The quantitative estimate of drug-likeness (QED) is 0.540. The van der Waals surface area contributed by atoms with Gasteiger partial charge in [0.15, 0.2) is 0 Å². The summed E-state index contributed by atoms with van der Waals surface area (Å²) < 4.78 is 45.5. The summed E-state index contributed by atoms with van der Waals surface area (Å²) in [6, 6.07) is 12.5. The minimum atomic E-state index is -3.70. The number of benzene rings is 2. The van der Waals surface area contributed by atoms with Crippen LogP contribution in [0.4, 0.5) is 10.1 Å². The summed E-state index contributed by atoms with van der Waals surface area (Å²) in [5, 5.41) is 5.53. The highest BCUT2D eigenvalue weighted by atomic mass is 32.2. The third-order valence-electron chi connectivity index (χ3n) is 5.54. The zero-order valence-electron chi connectivity index (χ0n) is 18.4. The van der Waals surface area contributed by atoms with Crippen LogP contribution in [0.15, 0.2) is 48.5 Å². The molecule has 10 heteroatoms. The molecule has 0 atom stereocenters.